The van der Waals surface area contributed by atoms with E-state index in [-0.39, 0.29) is 6.04 Å². The fourth-order valence-electron chi connectivity index (χ4n) is 2.11. The van der Waals surface area contributed by atoms with E-state index in [1.807, 2.05) is 19.4 Å². The minimum atomic E-state index is 0.0726. The van der Waals surface area contributed by atoms with Gasteiger partial charge in [0.25, 0.3) is 0 Å². The molecule has 0 aliphatic carbocycles. The van der Waals surface area contributed by atoms with E-state index in [4.69, 9.17) is 5.73 Å². The Bertz CT molecular complexity index is 305. The highest BCUT2D eigenvalue weighted by atomic mass is 15.2. The third-order valence-electron chi connectivity index (χ3n) is 2.92. The molecule has 1 saturated heterocycles. The van der Waals surface area contributed by atoms with Crippen LogP contribution in [-0.2, 0) is 0 Å². The maximum absolute atomic E-state index is 5.89. The zero-order valence-electron chi connectivity index (χ0n) is 8.85. The van der Waals surface area contributed by atoms with Crippen LogP contribution in [0.5, 0.6) is 0 Å². The molecule has 0 radical (unpaired) electrons. The molecule has 2 rings (SSSR count). The molecule has 2 heterocycles. The lowest BCUT2D eigenvalue weighted by molar-refractivity contribution is 0.388. The first-order valence-electron chi connectivity index (χ1n) is 5.14. The summed E-state index contributed by atoms with van der Waals surface area (Å²) in [5, 5.41) is 0. The van der Waals surface area contributed by atoms with Gasteiger partial charge in [-0.3, -0.25) is 0 Å². The summed E-state index contributed by atoms with van der Waals surface area (Å²) < 4.78 is 2.23. The molecule has 4 nitrogen and oxygen atoms in total. The van der Waals surface area contributed by atoms with Crippen LogP contribution in [0.15, 0.2) is 12.5 Å². The zero-order valence-corrected chi connectivity index (χ0v) is 8.85. The Morgan fingerprint density at radius 2 is 2.43 bits per heavy atom. The molecule has 0 amide bonds. The van der Waals surface area contributed by atoms with Crippen molar-refractivity contribution in [3.63, 3.8) is 0 Å². The highest BCUT2D eigenvalue weighted by molar-refractivity contribution is 5.05. The van der Waals surface area contributed by atoms with Crippen molar-refractivity contribution in [2.75, 3.05) is 20.1 Å². The molecular formula is C10H18N4. The molecule has 1 aromatic heterocycles. The molecule has 1 aliphatic heterocycles. The second kappa shape index (κ2) is 3.71. The molecular weight excluding hydrogens is 176 g/mol. The van der Waals surface area contributed by atoms with Crippen molar-refractivity contribution >= 4 is 0 Å². The van der Waals surface area contributed by atoms with Gasteiger partial charge < -0.3 is 15.2 Å². The molecule has 14 heavy (non-hydrogen) atoms. The molecule has 0 aromatic carbocycles. The van der Waals surface area contributed by atoms with E-state index in [1.54, 1.807) is 0 Å². The van der Waals surface area contributed by atoms with Gasteiger partial charge in [-0.05, 0) is 26.9 Å². The molecule has 2 N–H and O–H groups in total. The maximum Gasteiger partial charge on any atom is 0.0951 e. The van der Waals surface area contributed by atoms with Crippen LogP contribution < -0.4 is 5.73 Å². The second-order valence-corrected chi connectivity index (χ2v) is 4.22. The first kappa shape index (κ1) is 9.68. The van der Waals surface area contributed by atoms with Gasteiger partial charge in [-0.25, -0.2) is 4.98 Å². The average Bonchev–Trinajstić information content (AvgIpc) is 2.70. The van der Waals surface area contributed by atoms with Crippen LogP contribution in [0.25, 0.3) is 0 Å². The van der Waals surface area contributed by atoms with Gasteiger partial charge in [-0.15, -0.1) is 0 Å². The summed E-state index contributed by atoms with van der Waals surface area (Å²) in [5.41, 5.74) is 7.03. The SMILES string of the molecule is C[C@H](N)c1cncn1C1CCN(C)C1. The topological polar surface area (TPSA) is 47.1 Å². The van der Waals surface area contributed by atoms with Crippen LogP contribution in [0.4, 0.5) is 0 Å². The van der Waals surface area contributed by atoms with Gasteiger partial charge in [0, 0.05) is 24.8 Å². The molecule has 1 aliphatic rings. The number of hydrogen-bond donors (Lipinski definition) is 1. The first-order valence-corrected chi connectivity index (χ1v) is 5.14. The van der Waals surface area contributed by atoms with Gasteiger partial charge in [0.1, 0.15) is 0 Å². The Morgan fingerprint density at radius 3 is 3.00 bits per heavy atom. The lowest BCUT2D eigenvalue weighted by Gasteiger charge is -2.17. The number of imidazole rings is 1. The van der Waals surface area contributed by atoms with Crippen molar-refractivity contribution in [1.82, 2.24) is 14.5 Å². The summed E-state index contributed by atoms with van der Waals surface area (Å²) in [7, 11) is 2.16. The highest BCUT2D eigenvalue weighted by Crippen LogP contribution is 2.23. The lowest BCUT2D eigenvalue weighted by atomic mass is 10.2. The van der Waals surface area contributed by atoms with Crippen LogP contribution >= 0.6 is 0 Å². The van der Waals surface area contributed by atoms with Crippen LogP contribution in [0.1, 0.15) is 31.1 Å². The van der Waals surface area contributed by atoms with E-state index in [2.05, 4.69) is 21.5 Å². The van der Waals surface area contributed by atoms with Crippen molar-refractivity contribution in [3.8, 4) is 0 Å². The van der Waals surface area contributed by atoms with Crippen LogP contribution in [0.2, 0.25) is 0 Å². The molecule has 2 atom stereocenters. The molecule has 78 valence electrons. The van der Waals surface area contributed by atoms with E-state index >= 15 is 0 Å². The Hall–Kier alpha value is -0.870. The highest BCUT2D eigenvalue weighted by Gasteiger charge is 2.23. The molecule has 4 heteroatoms. The number of rotatable bonds is 2. The maximum atomic E-state index is 5.89. The van der Waals surface area contributed by atoms with Crippen LogP contribution in [-0.4, -0.2) is 34.6 Å². The fraction of sp³-hybridized carbons (Fsp3) is 0.700. The van der Waals surface area contributed by atoms with Gasteiger partial charge >= 0.3 is 0 Å². The van der Waals surface area contributed by atoms with E-state index in [0.29, 0.717) is 6.04 Å². The third kappa shape index (κ3) is 1.67. The summed E-state index contributed by atoms with van der Waals surface area (Å²) >= 11 is 0. The predicted molar refractivity (Wildman–Crippen MR) is 56.0 cm³/mol. The van der Waals surface area contributed by atoms with Crippen LogP contribution in [0, 0.1) is 0 Å². The largest absolute Gasteiger partial charge is 0.329 e. The van der Waals surface area contributed by atoms with Gasteiger partial charge in [-0.2, -0.15) is 0 Å². The van der Waals surface area contributed by atoms with E-state index in [0.717, 1.165) is 12.2 Å². The number of nitrogens with zero attached hydrogens (tertiary/aromatic N) is 3. The Labute approximate surface area is 84.7 Å². The summed E-state index contributed by atoms with van der Waals surface area (Å²) in [6.45, 7) is 4.28. The van der Waals surface area contributed by atoms with E-state index < -0.39 is 0 Å². The number of hydrogen-bond acceptors (Lipinski definition) is 3. The monoisotopic (exact) mass is 194 g/mol. The van der Waals surface area contributed by atoms with Gasteiger partial charge in [0.2, 0.25) is 0 Å². The summed E-state index contributed by atoms with van der Waals surface area (Å²) in [6, 6.07) is 0.631. The van der Waals surface area contributed by atoms with Crippen molar-refractivity contribution in [1.29, 1.82) is 0 Å². The van der Waals surface area contributed by atoms with E-state index in [1.165, 1.54) is 13.0 Å². The Morgan fingerprint density at radius 1 is 1.64 bits per heavy atom. The predicted octanol–water partition coefficient (Wildman–Crippen LogP) is 0.779. The Balaban J connectivity index is 2.19. The van der Waals surface area contributed by atoms with E-state index in [9.17, 15) is 0 Å². The number of aromatic nitrogens is 2. The first-order chi connectivity index (χ1) is 6.68. The number of nitrogens with two attached hydrogens (primary N) is 1. The number of likely N-dealkylation sites (N-methyl/N-ethyl adjacent to an activating group) is 1. The quantitative estimate of drug-likeness (QED) is 0.756. The third-order valence-corrected chi connectivity index (χ3v) is 2.92. The summed E-state index contributed by atoms with van der Waals surface area (Å²) in [5.74, 6) is 0. The summed E-state index contributed by atoms with van der Waals surface area (Å²) in [4.78, 5) is 6.52. The molecule has 0 bridgehead atoms. The molecule has 0 saturated carbocycles. The summed E-state index contributed by atoms with van der Waals surface area (Å²) in [6.07, 6.45) is 4.98. The minimum absolute atomic E-state index is 0.0726. The molecule has 1 unspecified atom stereocenters. The molecule has 1 aromatic rings. The lowest BCUT2D eigenvalue weighted by Crippen LogP contribution is -2.19. The zero-order chi connectivity index (χ0) is 10.1. The fourth-order valence-corrected chi connectivity index (χ4v) is 2.11. The van der Waals surface area contributed by atoms with Gasteiger partial charge in [0.05, 0.1) is 12.0 Å². The number of likely N-dealkylation sites (tertiary alicyclic amines) is 1. The normalized spacial score (nSPS) is 25.5. The Kier molecular flexibility index (Phi) is 2.56. The van der Waals surface area contributed by atoms with Crippen molar-refractivity contribution in [2.24, 2.45) is 5.73 Å². The second-order valence-electron chi connectivity index (χ2n) is 4.22. The van der Waals surface area contributed by atoms with Gasteiger partial charge in [0.15, 0.2) is 0 Å². The van der Waals surface area contributed by atoms with Crippen molar-refractivity contribution in [3.05, 3.63) is 18.2 Å². The minimum Gasteiger partial charge on any atom is -0.329 e. The smallest absolute Gasteiger partial charge is 0.0951 e. The average molecular weight is 194 g/mol. The van der Waals surface area contributed by atoms with Gasteiger partial charge in [-0.1, -0.05) is 0 Å². The van der Waals surface area contributed by atoms with Crippen molar-refractivity contribution < 1.29 is 0 Å². The standard InChI is InChI=1S/C10H18N4/c1-8(11)10-5-12-7-14(10)9-3-4-13(2)6-9/h5,7-9H,3-4,6,11H2,1-2H3/t8-,9?/m0/s1. The molecule has 1 fully saturated rings. The van der Waals surface area contributed by atoms with Crippen LogP contribution in [0.3, 0.4) is 0 Å². The van der Waals surface area contributed by atoms with Crippen molar-refractivity contribution in [2.45, 2.75) is 25.4 Å². The molecule has 0 spiro atoms.